The van der Waals surface area contributed by atoms with Gasteiger partial charge < -0.3 is 33.9 Å². The fraction of sp³-hybridized carbons (Fsp3) is 0.462. The second-order valence-corrected chi connectivity index (χ2v) is 10.2. The van der Waals surface area contributed by atoms with E-state index in [4.69, 9.17) is 23.7 Å². The van der Waals surface area contributed by atoms with Gasteiger partial charge in [0.15, 0.2) is 23.0 Å². The smallest absolute Gasteiger partial charge is 0.246 e. The number of nitrogens with one attached hydrogen (secondary N) is 1. The van der Waals surface area contributed by atoms with Gasteiger partial charge in [0.05, 0.1) is 33.8 Å². The fourth-order valence-corrected chi connectivity index (χ4v) is 6.38. The summed E-state index contributed by atoms with van der Waals surface area (Å²) in [4.78, 5) is 28.6. The zero-order valence-corrected chi connectivity index (χ0v) is 21.4. The summed E-state index contributed by atoms with van der Waals surface area (Å²) in [6.07, 6.45) is 1.58. The summed E-state index contributed by atoms with van der Waals surface area (Å²) in [6, 6.07) is 9.20. The Kier molecular flexibility index (Phi) is 6.79. The van der Waals surface area contributed by atoms with Crippen LogP contribution in [0.3, 0.4) is 0 Å². The van der Waals surface area contributed by atoms with Crippen LogP contribution in [0.1, 0.15) is 36.4 Å². The minimum atomic E-state index is -0.901. The molecule has 0 radical (unpaired) electrons. The fourth-order valence-electron chi connectivity index (χ4n) is 5.21. The Bertz CT molecular complexity index is 1140. The topological polar surface area (TPSA) is 95.6 Å². The van der Waals surface area contributed by atoms with Gasteiger partial charge in [-0.05, 0) is 59.7 Å². The van der Waals surface area contributed by atoms with Crippen LogP contribution in [0.25, 0.3) is 0 Å². The van der Waals surface area contributed by atoms with Gasteiger partial charge in [0.25, 0.3) is 0 Å². The molecule has 36 heavy (non-hydrogen) atoms. The highest BCUT2D eigenvalue weighted by molar-refractivity contribution is 7.99. The van der Waals surface area contributed by atoms with E-state index in [0.29, 0.717) is 48.0 Å². The summed E-state index contributed by atoms with van der Waals surface area (Å²) >= 11 is 1.81. The van der Waals surface area contributed by atoms with Gasteiger partial charge in [0.1, 0.15) is 5.54 Å². The molecule has 10 heteroatoms. The molecule has 1 atom stereocenters. The van der Waals surface area contributed by atoms with Crippen molar-refractivity contribution in [2.45, 2.75) is 37.4 Å². The van der Waals surface area contributed by atoms with Crippen molar-refractivity contribution in [2.75, 3.05) is 39.6 Å². The van der Waals surface area contributed by atoms with Crippen LogP contribution in [0.15, 0.2) is 30.3 Å². The molecule has 2 fully saturated rings. The number of benzene rings is 2. The van der Waals surface area contributed by atoms with Crippen LogP contribution >= 0.6 is 11.8 Å². The van der Waals surface area contributed by atoms with Crippen LogP contribution in [0.4, 0.5) is 0 Å². The maximum absolute atomic E-state index is 13.8. The van der Waals surface area contributed by atoms with E-state index in [0.717, 1.165) is 22.6 Å². The number of hydrogen-bond acceptors (Lipinski definition) is 8. The lowest BCUT2D eigenvalue weighted by Crippen LogP contribution is -2.67. The SMILES string of the molecule is COc1cc(CNC(=O)C2(N3C(=O)CC3c3ccc4c(c3)OCO4)CCSCC2)cc(OC)c1OC. The number of carbonyl (C=O) groups is 2. The quantitative estimate of drug-likeness (QED) is 0.537. The van der Waals surface area contributed by atoms with Crippen LogP contribution < -0.4 is 29.0 Å². The Morgan fingerprint density at radius 3 is 2.39 bits per heavy atom. The van der Waals surface area contributed by atoms with Crippen molar-refractivity contribution >= 4 is 23.6 Å². The summed E-state index contributed by atoms with van der Waals surface area (Å²) in [5.41, 5.74) is 0.858. The molecule has 192 valence electrons. The zero-order chi connectivity index (χ0) is 25.3. The van der Waals surface area contributed by atoms with Crippen molar-refractivity contribution in [1.82, 2.24) is 10.2 Å². The van der Waals surface area contributed by atoms with Crippen LogP contribution in [0.2, 0.25) is 0 Å². The Balaban J connectivity index is 1.39. The van der Waals surface area contributed by atoms with Crippen molar-refractivity contribution in [3.63, 3.8) is 0 Å². The predicted octanol–water partition coefficient (Wildman–Crippen LogP) is 3.30. The molecule has 2 amide bonds. The summed E-state index contributed by atoms with van der Waals surface area (Å²) in [6.45, 7) is 0.456. The van der Waals surface area contributed by atoms with Gasteiger partial charge in [-0.1, -0.05) is 6.07 Å². The number of rotatable bonds is 8. The minimum absolute atomic E-state index is 0.00694. The first-order valence-corrected chi connectivity index (χ1v) is 13.0. The summed E-state index contributed by atoms with van der Waals surface area (Å²) in [7, 11) is 4.66. The molecule has 3 heterocycles. The van der Waals surface area contributed by atoms with Crippen molar-refractivity contribution < 1.29 is 33.3 Å². The normalized spacial score (nSPS) is 19.9. The Morgan fingerprint density at radius 2 is 1.75 bits per heavy atom. The van der Waals surface area contributed by atoms with E-state index in [9.17, 15) is 9.59 Å². The van der Waals surface area contributed by atoms with Gasteiger partial charge in [0, 0.05) is 6.54 Å². The number of β-lactam (4-membered cyclic amide) rings is 1. The van der Waals surface area contributed by atoms with Crippen LogP contribution in [-0.2, 0) is 16.1 Å². The number of carbonyl (C=O) groups excluding carboxylic acids is 2. The number of methoxy groups -OCH3 is 3. The number of thioether (sulfide) groups is 1. The largest absolute Gasteiger partial charge is 0.493 e. The Labute approximate surface area is 214 Å². The molecule has 1 unspecified atom stereocenters. The van der Waals surface area contributed by atoms with Crippen molar-refractivity contribution in [2.24, 2.45) is 0 Å². The highest BCUT2D eigenvalue weighted by Crippen LogP contribution is 2.47. The Hall–Kier alpha value is -3.27. The highest BCUT2D eigenvalue weighted by atomic mass is 32.2. The molecule has 5 rings (SSSR count). The third-order valence-corrected chi connectivity index (χ3v) is 8.10. The second-order valence-electron chi connectivity index (χ2n) is 8.96. The molecular weight excluding hydrogens is 484 g/mol. The lowest BCUT2D eigenvalue weighted by molar-refractivity contribution is -0.166. The minimum Gasteiger partial charge on any atom is -0.493 e. The number of fused-ring (bicyclic) bond motifs is 1. The van der Waals surface area contributed by atoms with Gasteiger partial charge in [-0.3, -0.25) is 9.59 Å². The van der Waals surface area contributed by atoms with Crippen molar-refractivity contribution in [3.8, 4) is 28.7 Å². The monoisotopic (exact) mass is 514 g/mol. The summed E-state index contributed by atoms with van der Waals surface area (Å²) < 4.78 is 27.3. The number of hydrogen-bond donors (Lipinski definition) is 1. The molecule has 0 aliphatic carbocycles. The third kappa shape index (κ3) is 4.17. The molecule has 3 aliphatic rings. The molecule has 0 saturated carbocycles. The Morgan fingerprint density at radius 1 is 1.06 bits per heavy atom. The molecule has 9 nitrogen and oxygen atoms in total. The van der Waals surface area contributed by atoms with Crippen LogP contribution in [-0.4, -0.2) is 61.9 Å². The number of likely N-dealkylation sites (tertiary alicyclic amines) is 1. The molecule has 2 aromatic rings. The molecule has 1 N–H and O–H groups in total. The summed E-state index contributed by atoms with van der Waals surface area (Å²) in [5, 5.41) is 3.09. The van der Waals surface area contributed by atoms with E-state index in [2.05, 4.69) is 5.32 Å². The van der Waals surface area contributed by atoms with E-state index in [1.807, 2.05) is 42.1 Å². The maximum Gasteiger partial charge on any atom is 0.246 e. The summed E-state index contributed by atoms with van der Waals surface area (Å²) in [5.74, 6) is 4.38. The predicted molar refractivity (Wildman–Crippen MR) is 134 cm³/mol. The lowest BCUT2D eigenvalue weighted by Gasteiger charge is -2.54. The second kappa shape index (κ2) is 10.0. The lowest BCUT2D eigenvalue weighted by atomic mass is 9.80. The van der Waals surface area contributed by atoms with E-state index in [-0.39, 0.29) is 31.2 Å². The first-order chi connectivity index (χ1) is 17.5. The van der Waals surface area contributed by atoms with Gasteiger partial charge in [0.2, 0.25) is 24.4 Å². The molecule has 0 bridgehead atoms. The zero-order valence-electron chi connectivity index (χ0n) is 20.6. The molecule has 0 spiro atoms. The van der Waals surface area contributed by atoms with Crippen LogP contribution in [0.5, 0.6) is 28.7 Å². The van der Waals surface area contributed by atoms with Gasteiger partial charge in [-0.2, -0.15) is 11.8 Å². The van der Waals surface area contributed by atoms with E-state index in [1.54, 1.807) is 26.2 Å². The first-order valence-electron chi connectivity index (χ1n) is 11.9. The molecule has 0 aromatic heterocycles. The first kappa shape index (κ1) is 24.4. The van der Waals surface area contributed by atoms with Crippen LogP contribution in [0, 0.1) is 0 Å². The number of ether oxygens (including phenoxy) is 5. The maximum atomic E-state index is 13.8. The van der Waals surface area contributed by atoms with Gasteiger partial charge in [-0.25, -0.2) is 0 Å². The van der Waals surface area contributed by atoms with Gasteiger partial charge >= 0.3 is 0 Å². The third-order valence-electron chi connectivity index (χ3n) is 7.11. The highest BCUT2D eigenvalue weighted by Gasteiger charge is 2.55. The average molecular weight is 515 g/mol. The molecule has 3 aliphatic heterocycles. The average Bonchev–Trinajstić information content (AvgIpc) is 3.38. The molecular formula is C26H30N2O7S. The van der Waals surface area contributed by atoms with E-state index in [1.165, 1.54) is 0 Å². The van der Waals surface area contributed by atoms with E-state index < -0.39 is 5.54 Å². The molecule has 2 aromatic carbocycles. The van der Waals surface area contributed by atoms with E-state index >= 15 is 0 Å². The number of amides is 2. The van der Waals surface area contributed by atoms with Crippen molar-refractivity contribution in [3.05, 3.63) is 41.5 Å². The number of nitrogens with zero attached hydrogens (tertiary/aromatic N) is 1. The molecule has 2 saturated heterocycles. The van der Waals surface area contributed by atoms with Crippen molar-refractivity contribution in [1.29, 1.82) is 0 Å². The van der Waals surface area contributed by atoms with Gasteiger partial charge in [-0.15, -0.1) is 0 Å². The standard InChI is InChI=1S/C26H30N2O7S/c1-31-21-10-16(11-22(32-2)24(21)33-3)14-27-25(30)26(6-8-36-9-7-26)28-18(13-23(28)29)17-4-5-19-20(12-17)35-15-34-19/h4-5,10-12,18H,6-9,13-15H2,1-3H3,(H,27,30).